The topological polar surface area (TPSA) is 90.0 Å². The van der Waals surface area contributed by atoms with Gasteiger partial charge in [0.1, 0.15) is 5.60 Å². The van der Waals surface area contributed by atoms with Crippen LogP contribution in [0.25, 0.3) is 0 Å². The Kier molecular flexibility index (Phi) is 7.64. The highest BCUT2D eigenvalue weighted by molar-refractivity contribution is 6.22. The number of nitrogens with one attached hydrogen (secondary N) is 1. The van der Waals surface area contributed by atoms with Crippen LogP contribution in [0.2, 0.25) is 0 Å². The second kappa shape index (κ2) is 10.6. The molecule has 5 fully saturated rings. The number of piperazine rings is 1. The molecule has 0 aromatic carbocycles. The summed E-state index contributed by atoms with van der Waals surface area (Å²) in [6, 6.07) is 0.294. The molecule has 5 aliphatic rings. The number of nitrogens with zero attached hydrogens (tertiary/aromatic N) is 2. The van der Waals surface area contributed by atoms with Gasteiger partial charge in [-0.3, -0.25) is 14.4 Å². The molecule has 2 N–H and O–H groups in total. The van der Waals surface area contributed by atoms with E-state index in [-0.39, 0.29) is 34.9 Å². The fraction of sp³-hybridized carbons (Fsp3) is 0.889. The SMILES string of the molecule is O=C(NC1CCCC(C2CCC(C(=O)N3CCN(C(=O)C4(O)CC4)CC3)C(Cl)C2)C1)C1CCCC1. The van der Waals surface area contributed by atoms with Crippen molar-refractivity contribution in [2.24, 2.45) is 23.7 Å². The quantitative estimate of drug-likeness (QED) is 0.559. The maximum Gasteiger partial charge on any atom is 0.254 e. The summed E-state index contributed by atoms with van der Waals surface area (Å²) >= 11 is 6.85. The third-order valence-corrected chi connectivity index (χ3v) is 10.1. The predicted octanol–water partition coefficient (Wildman–Crippen LogP) is 3.07. The van der Waals surface area contributed by atoms with Crippen LogP contribution in [0, 0.1) is 23.7 Å². The van der Waals surface area contributed by atoms with Gasteiger partial charge in [-0.15, -0.1) is 11.6 Å². The van der Waals surface area contributed by atoms with Gasteiger partial charge in [0, 0.05) is 43.5 Å². The van der Waals surface area contributed by atoms with Crippen molar-refractivity contribution in [1.29, 1.82) is 0 Å². The number of carbonyl (C=O) groups excluding carboxylic acids is 3. The lowest BCUT2D eigenvalue weighted by atomic mass is 9.69. The van der Waals surface area contributed by atoms with Gasteiger partial charge in [0.25, 0.3) is 5.91 Å². The average Bonchev–Trinajstić information content (AvgIpc) is 3.38. The zero-order valence-corrected chi connectivity index (χ0v) is 21.7. The fourth-order valence-corrected chi connectivity index (χ4v) is 7.60. The fourth-order valence-electron chi connectivity index (χ4n) is 7.14. The monoisotopic (exact) mass is 507 g/mol. The van der Waals surface area contributed by atoms with E-state index in [0.717, 1.165) is 51.4 Å². The number of halogens is 1. The normalized spacial score (nSPS) is 35.5. The Balaban J connectivity index is 1.08. The lowest BCUT2D eigenvalue weighted by molar-refractivity contribution is -0.148. The van der Waals surface area contributed by atoms with Gasteiger partial charge >= 0.3 is 0 Å². The minimum Gasteiger partial charge on any atom is -0.380 e. The third kappa shape index (κ3) is 5.66. The zero-order valence-electron chi connectivity index (χ0n) is 20.9. The van der Waals surface area contributed by atoms with Gasteiger partial charge in [-0.2, -0.15) is 0 Å². The van der Waals surface area contributed by atoms with Gasteiger partial charge in [0.15, 0.2) is 0 Å². The van der Waals surface area contributed by atoms with Crippen molar-refractivity contribution in [3.05, 3.63) is 0 Å². The number of aliphatic hydroxyl groups is 1. The Hall–Kier alpha value is -1.34. The van der Waals surface area contributed by atoms with E-state index in [2.05, 4.69) is 5.32 Å². The number of rotatable bonds is 5. The van der Waals surface area contributed by atoms with E-state index >= 15 is 0 Å². The summed E-state index contributed by atoms with van der Waals surface area (Å²) in [5.74, 6) is 1.41. The minimum atomic E-state index is -1.14. The molecule has 5 unspecified atom stereocenters. The van der Waals surface area contributed by atoms with Gasteiger partial charge in [0.2, 0.25) is 11.8 Å². The third-order valence-electron chi connectivity index (χ3n) is 9.58. The first kappa shape index (κ1) is 25.3. The van der Waals surface area contributed by atoms with E-state index < -0.39 is 5.60 Å². The molecule has 5 rings (SSSR count). The van der Waals surface area contributed by atoms with Crippen LogP contribution in [0.5, 0.6) is 0 Å². The molecule has 8 heteroatoms. The zero-order chi connectivity index (χ0) is 24.6. The molecular weight excluding hydrogens is 466 g/mol. The van der Waals surface area contributed by atoms with E-state index in [1.165, 1.54) is 19.3 Å². The maximum atomic E-state index is 13.3. The largest absolute Gasteiger partial charge is 0.380 e. The van der Waals surface area contributed by atoms with Crippen molar-refractivity contribution in [2.75, 3.05) is 26.2 Å². The summed E-state index contributed by atoms with van der Waals surface area (Å²) in [6.07, 6.45) is 12.8. The van der Waals surface area contributed by atoms with E-state index in [0.29, 0.717) is 56.9 Å². The Morgan fingerprint density at radius 3 is 2.11 bits per heavy atom. The molecular formula is C27H42ClN3O4. The Bertz CT molecular complexity index is 804. The number of alkyl halides is 1. The summed E-state index contributed by atoms with van der Waals surface area (Å²) < 4.78 is 0. The molecule has 0 aromatic heterocycles. The van der Waals surface area contributed by atoms with E-state index in [1.54, 1.807) is 4.90 Å². The molecule has 4 saturated carbocycles. The maximum absolute atomic E-state index is 13.3. The molecule has 1 saturated heterocycles. The van der Waals surface area contributed by atoms with Gasteiger partial charge in [-0.05, 0) is 69.6 Å². The molecule has 5 atom stereocenters. The molecule has 0 radical (unpaired) electrons. The summed E-state index contributed by atoms with van der Waals surface area (Å²) in [6.45, 7) is 2.03. The molecule has 1 heterocycles. The van der Waals surface area contributed by atoms with Crippen molar-refractivity contribution in [3.63, 3.8) is 0 Å². The van der Waals surface area contributed by atoms with Gasteiger partial charge in [0.05, 0.1) is 5.92 Å². The Morgan fingerprint density at radius 2 is 1.46 bits per heavy atom. The second-order valence-corrected chi connectivity index (χ2v) is 12.5. The first-order chi connectivity index (χ1) is 16.8. The van der Waals surface area contributed by atoms with Gasteiger partial charge in [-0.25, -0.2) is 0 Å². The van der Waals surface area contributed by atoms with E-state index in [9.17, 15) is 19.5 Å². The van der Waals surface area contributed by atoms with Crippen LogP contribution in [0.3, 0.4) is 0 Å². The first-order valence-corrected chi connectivity index (χ1v) is 14.5. The van der Waals surface area contributed by atoms with Crippen molar-refractivity contribution in [3.8, 4) is 0 Å². The number of hydrogen-bond donors (Lipinski definition) is 2. The Morgan fingerprint density at radius 1 is 0.800 bits per heavy atom. The predicted molar refractivity (Wildman–Crippen MR) is 134 cm³/mol. The molecule has 3 amide bonds. The number of hydrogen-bond acceptors (Lipinski definition) is 4. The van der Waals surface area contributed by atoms with E-state index in [4.69, 9.17) is 11.6 Å². The van der Waals surface area contributed by atoms with Crippen molar-refractivity contribution < 1.29 is 19.5 Å². The molecule has 0 aromatic rings. The highest BCUT2D eigenvalue weighted by Crippen LogP contribution is 2.43. The van der Waals surface area contributed by atoms with Crippen LogP contribution >= 0.6 is 11.6 Å². The average molecular weight is 508 g/mol. The highest BCUT2D eigenvalue weighted by Gasteiger charge is 2.50. The van der Waals surface area contributed by atoms with Crippen LogP contribution in [0.1, 0.15) is 83.5 Å². The van der Waals surface area contributed by atoms with E-state index in [1.807, 2.05) is 4.90 Å². The highest BCUT2D eigenvalue weighted by atomic mass is 35.5. The van der Waals surface area contributed by atoms with Gasteiger partial charge in [-0.1, -0.05) is 25.7 Å². The van der Waals surface area contributed by atoms with Crippen LogP contribution in [0.4, 0.5) is 0 Å². The first-order valence-electron chi connectivity index (χ1n) is 14.1. The second-order valence-electron chi connectivity index (χ2n) is 12.0. The minimum absolute atomic E-state index is 0.131. The molecule has 0 bridgehead atoms. The van der Waals surface area contributed by atoms with Crippen LogP contribution in [-0.4, -0.2) is 75.8 Å². The summed E-state index contributed by atoms with van der Waals surface area (Å²) in [7, 11) is 0. The summed E-state index contributed by atoms with van der Waals surface area (Å²) in [4.78, 5) is 41.8. The smallest absolute Gasteiger partial charge is 0.254 e. The number of amides is 3. The van der Waals surface area contributed by atoms with Crippen molar-refractivity contribution in [1.82, 2.24) is 15.1 Å². The lowest BCUT2D eigenvalue weighted by Crippen LogP contribution is -2.55. The van der Waals surface area contributed by atoms with Crippen LogP contribution in [0.15, 0.2) is 0 Å². The lowest BCUT2D eigenvalue weighted by Gasteiger charge is -2.42. The van der Waals surface area contributed by atoms with Crippen LogP contribution < -0.4 is 5.32 Å². The summed E-state index contributed by atoms with van der Waals surface area (Å²) in [5, 5.41) is 13.3. The molecule has 1 aliphatic heterocycles. The number of carbonyl (C=O) groups is 3. The molecule has 35 heavy (non-hydrogen) atoms. The standard InChI is InChI=1S/C27H42ClN3O4/c28-23-17-20(19-6-3-7-21(16-19)29-24(32)18-4-1-2-5-18)8-9-22(23)25(33)30-12-14-31(15-13-30)26(34)27(35)10-11-27/h18-23,35H,1-17H2,(H,29,32). The molecule has 4 aliphatic carbocycles. The van der Waals surface area contributed by atoms with Crippen molar-refractivity contribution in [2.45, 2.75) is 100 Å². The van der Waals surface area contributed by atoms with Crippen LogP contribution in [-0.2, 0) is 14.4 Å². The molecule has 196 valence electrons. The Labute approximate surface area is 214 Å². The summed E-state index contributed by atoms with van der Waals surface area (Å²) in [5.41, 5.74) is -1.14. The van der Waals surface area contributed by atoms with Crippen molar-refractivity contribution >= 4 is 29.3 Å². The van der Waals surface area contributed by atoms with Gasteiger partial charge < -0.3 is 20.2 Å². The molecule has 0 spiro atoms. The molecule has 7 nitrogen and oxygen atoms in total.